The van der Waals surface area contributed by atoms with Crippen LogP contribution in [0.25, 0.3) is 0 Å². The molecule has 2 nitrogen and oxygen atoms in total. The maximum Gasteiger partial charge on any atom is 0.160 e. The first-order valence-electron chi connectivity index (χ1n) is 3.68. The SMILES string of the molecule is C=CC(N)c1cc(F)c(F)cc1N. The standard InChI is InChI=1S/C9H10F2N2/c1-2-8(12)5-3-6(10)7(11)4-9(5)13/h2-4,8H,1,12-13H2. The van der Waals surface area contributed by atoms with Crippen molar-refractivity contribution in [1.29, 1.82) is 0 Å². The van der Waals surface area contributed by atoms with Crippen molar-refractivity contribution in [3.63, 3.8) is 0 Å². The third kappa shape index (κ3) is 1.84. The van der Waals surface area contributed by atoms with E-state index < -0.39 is 17.7 Å². The molecule has 4 N–H and O–H groups in total. The molecule has 13 heavy (non-hydrogen) atoms. The number of hydrogen-bond donors (Lipinski definition) is 2. The highest BCUT2D eigenvalue weighted by Gasteiger charge is 2.10. The third-order valence-electron chi connectivity index (χ3n) is 1.74. The number of halogens is 2. The summed E-state index contributed by atoms with van der Waals surface area (Å²) in [5.41, 5.74) is 11.4. The lowest BCUT2D eigenvalue weighted by Crippen LogP contribution is -2.10. The fourth-order valence-electron chi connectivity index (χ4n) is 0.993. The Morgan fingerprint density at radius 1 is 1.31 bits per heavy atom. The highest BCUT2D eigenvalue weighted by atomic mass is 19.2. The van der Waals surface area contributed by atoms with Gasteiger partial charge in [-0.15, -0.1) is 6.58 Å². The van der Waals surface area contributed by atoms with Crippen LogP contribution in [-0.4, -0.2) is 0 Å². The highest BCUT2D eigenvalue weighted by molar-refractivity contribution is 5.50. The van der Waals surface area contributed by atoms with Crippen molar-refractivity contribution in [3.05, 3.63) is 42.0 Å². The van der Waals surface area contributed by atoms with Crippen LogP contribution < -0.4 is 11.5 Å². The van der Waals surface area contributed by atoms with E-state index in [-0.39, 0.29) is 5.69 Å². The Morgan fingerprint density at radius 3 is 2.38 bits per heavy atom. The number of rotatable bonds is 2. The minimum absolute atomic E-state index is 0.131. The number of anilines is 1. The van der Waals surface area contributed by atoms with Crippen LogP contribution in [0.2, 0.25) is 0 Å². The maximum absolute atomic E-state index is 12.7. The Bertz CT molecular complexity index is 337. The Kier molecular flexibility index (Phi) is 2.63. The number of nitrogens with two attached hydrogens (primary N) is 2. The second-order valence-electron chi connectivity index (χ2n) is 2.66. The van der Waals surface area contributed by atoms with Crippen LogP contribution in [0.3, 0.4) is 0 Å². The molecule has 0 aliphatic heterocycles. The topological polar surface area (TPSA) is 52.0 Å². The fourth-order valence-corrected chi connectivity index (χ4v) is 0.993. The summed E-state index contributed by atoms with van der Waals surface area (Å²) in [6.45, 7) is 3.43. The predicted molar refractivity (Wildman–Crippen MR) is 47.9 cm³/mol. The van der Waals surface area contributed by atoms with Crippen molar-refractivity contribution in [2.45, 2.75) is 6.04 Å². The van der Waals surface area contributed by atoms with Crippen molar-refractivity contribution in [2.24, 2.45) is 5.73 Å². The van der Waals surface area contributed by atoms with Gasteiger partial charge in [0.25, 0.3) is 0 Å². The molecule has 1 unspecified atom stereocenters. The molecule has 0 amide bonds. The summed E-state index contributed by atoms with van der Waals surface area (Å²) in [4.78, 5) is 0. The Hall–Kier alpha value is -1.42. The summed E-state index contributed by atoms with van der Waals surface area (Å²) in [6.07, 6.45) is 1.41. The summed E-state index contributed by atoms with van der Waals surface area (Å²) >= 11 is 0. The van der Waals surface area contributed by atoms with Gasteiger partial charge in [-0.2, -0.15) is 0 Å². The molecule has 0 aliphatic rings. The highest BCUT2D eigenvalue weighted by Crippen LogP contribution is 2.22. The van der Waals surface area contributed by atoms with Crippen molar-refractivity contribution in [1.82, 2.24) is 0 Å². The fraction of sp³-hybridized carbons (Fsp3) is 0.111. The summed E-state index contributed by atoms with van der Waals surface area (Å²) in [6, 6.07) is 1.32. The van der Waals surface area contributed by atoms with Gasteiger partial charge in [-0.05, 0) is 11.6 Å². The average molecular weight is 184 g/mol. The molecule has 1 atom stereocenters. The van der Waals surface area contributed by atoms with Gasteiger partial charge < -0.3 is 11.5 Å². The van der Waals surface area contributed by atoms with E-state index in [0.717, 1.165) is 12.1 Å². The molecule has 0 fully saturated rings. The van der Waals surface area contributed by atoms with E-state index in [9.17, 15) is 8.78 Å². The lowest BCUT2D eigenvalue weighted by molar-refractivity contribution is 0.507. The summed E-state index contributed by atoms with van der Waals surface area (Å²) in [5, 5.41) is 0. The monoisotopic (exact) mass is 184 g/mol. The van der Waals surface area contributed by atoms with E-state index in [1.54, 1.807) is 0 Å². The first-order valence-corrected chi connectivity index (χ1v) is 3.68. The van der Waals surface area contributed by atoms with Gasteiger partial charge in [0, 0.05) is 17.8 Å². The van der Waals surface area contributed by atoms with Crippen LogP contribution in [0.4, 0.5) is 14.5 Å². The molecule has 0 heterocycles. The van der Waals surface area contributed by atoms with Gasteiger partial charge >= 0.3 is 0 Å². The van der Waals surface area contributed by atoms with Gasteiger partial charge in [-0.25, -0.2) is 8.78 Å². The summed E-state index contributed by atoms with van der Waals surface area (Å²) < 4.78 is 25.3. The van der Waals surface area contributed by atoms with Crippen LogP contribution in [0.5, 0.6) is 0 Å². The van der Waals surface area contributed by atoms with Gasteiger partial charge in [0.05, 0.1) is 0 Å². The second-order valence-corrected chi connectivity index (χ2v) is 2.66. The number of hydrogen-bond acceptors (Lipinski definition) is 2. The van der Waals surface area contributed by atoms with Gasteiger partial charge in [-0.1, -0.05) is 6.08 Å². The molecule has 0 saturated heterocycles. The second kappa shape index (κ2) is 3.53. The Balaban J connectivity index is 3.22. The first kappa shape index (κ1) is 9.67. The number of nitrogen functional groups attached to an aromatic ring is 1. The zero-order valence-electron chi connectivity index (χ0n) is 6.93. The smallest absolute Gasteiger partial charge is 0.160 e. The van der Waals surface area contributed by atoms with Crippen LogP contribution >= 0.6 is 0 Å². The number of benzene rings is 1. The molecule has 70 valence electrons. The first-order chi connectivity index (χ1) is 6.06. The van der Waals surface area contributed by atoms with Crippen molar-refractivity contribution in [3.8, 4) is 0 Å². The molecular weight excluding hydrogens is 174 g/mol. The molecule has 4 heteroatoms. The largest absolute Gasteiger partial charge is 0.398 e. The zero-order chi connectivity index (χ0) is 10.0. The van der Waals surface area contributed by atoms with Crippen molar-refractivity contribution < 1.29 is 8.78 Å². The van der Waals surface area contributed by atoms with E-state index in [0.29, 0.717) is 5.56 Å². The van der Waals surface area contributed by atoms with E-state index in [4.69, 9.17) is 11.5 Å². The van der Waals surface area contributed by atoms with Crippen molar-refractivity contribution in [2.75, 3.05) is 5.73 Å². The molecule has 1 aromatic carbocycles. The van der Waals surface area contributed by atoms with E-state index in [1.807, 2.05) is 0 Å². The zero-order valence-corrected chi connectivity index (χ0v) is 6.93. The molecule has 0 radical (unpaired) electrons. The van der Waals surface area contributed by atoms with Crippen molar-refractivity contribution >= 4 is 5.69 Å². The quantitative estimate of drug-likeness (QED) is 0.543. The van der Waals surface area contributed by atoms with Gasteiger partial charge in [0.15, 0.2) is 11.6 Å². The van der Waals surface area contributed by atoms with Gasteiger partial charge in [-0.3, -0.25) is 0 Å². The molecule has 0 aromatic heterocycles. The van der Waals surface area contributed by atoms with Crippen LogP contribution in [0.15, 0.2) is 24.8 Å². The Morgan fingerprint density at radius 2 is 1.85 bits per heavy atom. The van der Waals surface area contributed by atoms with E-state index in [2.05, 4.69) is 6.58 Å². The minimum atomic E-state index is -0.975. The molecule has 0 saturated carbocycles. The summed E-state index contributed by atoms with van der Waals surface area (Å²) in [7, 11) is 0. The maximum atomic E-state index is 12.7. The lowest BCUT2D eigenvalue weighted by atomic mass is 10.1. The Labute approximate surface area is 74.8 Å². The molecular formula is C9H10F2N2. The summed E-state index contributed by atoms with van der Waals surface area (Å²) in [5.74, 6) is -1.93. The lowest BCUT2D eigenvalue weighted by Gasteiger charge is -2.10. The molecule has 1 rings (SSSR count). The predicted octanol–water partition coefficient (Wildman–Crippen LogP) is 1.73. The molecule has 0 spiro atoms. The van der Waals surface area contributed by atoms with Gasteiger partial charge in [0.2, 0.25) is 0 Å². The third-order valence-corrected chi connectivity index (χ3v) is 1.74. The van der Waals surface area contributed by atoms with E-state index >= 15 is 0 Å². The molecule has 1 aromatic rings. The van der Waals surface area contributed by atoms with Crippen LogP contribution in [0.1, 0.15) is 11.6 Å². The normalized spacial score (nSPS) is 12.5. The molecule has 0 bridgehead atoms. The average Bonchev–Trinajstić information content (AvgIpc) is 2.10. The van der Waals surface area contributed by atoms with Gasteiger partial charge in [0.1, 0.15) is 0 Å². The molecule has 0 aliphatic carbocycles. The van der Waals surface area contributed by atoms with Crippen LogP contribution in [-0.2, 0) is 0 Å². The van der Waals surface area contributed by atoms with E-state index in [1.165, 1.54) is 6.08 Å². The minimum Gasteiger partial charge on any atom is -0.398 e. The van der Waals surface area contributed by atoms with Crippen LogP contribution in [0, 0.1) is 11.6 Å².